The number of imidazole rings is 1. The second-order valence-corrected chi connectivity index (χ2v) is 16.2. The summed E-state index contributed by atoms with van der Waals surface area (Å²) in [7, 11) is -2.92. The van der Waals surface area contributed by atoms with Gasteiger partial charge in [-0.3, -0.25) is 8.97 Å². The number of aromatic nitrogens is 3. The lowest BCUT2D eigenvalue weighted by atomic mass is 9.87. The fraction of sp³-hybridized carbons (Fsp3) is 0.103. The van der Waals surface area contributed by atoms with Crippen LogP contribution in [0.5, 0.6) is 0 Å². The van der Waals surface area contributed by atoms with Crippen molar-refractivity contribution in [3.05, 3.63) is 151 Å². The molecule has 3 heterocycles. The normalized spacial score (nSPS) is 12.5. The van der Waals surface area contributed by atoms with Crippen LogP contribution in [0.3, 0.4) is 0 Å². The molecule has 0 N–H and O–H groups in total. The van der Waals surface area contributed by atoms with E-state index >= 15 is 0 Å². The number of fused-ring (bicyclic) bond motifs is 3. The molecular formula is C39H33N3Si. The highest BCUT2D eigenvalue weighted by Crippen LogP contribution is 2.39. The molecule has 3 aromatic heterocycles. The zero-order chi connectivity index (χ0) is 29.2. The van der Waals surface area contributed by atoms with Gasteiger partial charge in [-0.05, 0) is 38.7 Å². The van der Waals surface area contributed by atoms with Crippen LogP contribution < -0.4 is 21.0 Å². The molecule has 0 spiro atoms. The summed E-state index contributed by atoms with van der Waals surface area (Å²) in [5.74, 6) is 0. The predicted octanol–water partition coefficient (Wildman–Crippen LogP) is 6.54. The smallest absolute Gasteiger partial charge is 0.224 e. The second kappa shape index (κ2) is 9.55. The van der Waals surface area contributed by atoms with E-state index in [1.807, 2.05) is 0 Å². The van der Waals surface area contributed by atoms with E-state index in [1.54, 1.807) is 0 Å². The Labute approximate surface area is 253 Å². The molecule has 0 saturated carbocycles. The highest BCUT2D eigenvalue weighted by Gasteiger charge is 2.47. The van der Waals surface area contributed by atoms with E-state index in [-0.39, 0.29) is 5.41 Å². The quantitative estimate of drug-likeness (QED) is 0.170. The van der Waals surface area contributed by atoms with E-state index in [0.29, 0.717) is 0 Å². The minimum absolute atomic E-state index is 0.0106. The summed E-state index contributed by atoms with van der Waals surface area (Å²) < 4.78 is 4.89. The molecule has 3 nitrogen and oxygen atoms in total. The van der Waals surface area contributed by atoms with E-state index < -0.39 is 8.07 Å². The molecule has 0 aliphatic carbocycles. The Morgan fingerprint density at radius 3 is 1.56 bits per heavy atom. The van der Waals surface area contributed by atoms with Gasteiger partial charge in [0, 0.05) is 22.7 Å². The molecule has 4 heteroatoms. The molecule has 0 radical (unpaired) electrons. The second-order valence-electron chi connectivity index (χ2n) is 12.5. The Hall–Kier alpha value is -4.93. The first kappa shape index (κ1) is 25.8. The maximum atomic E-state index is 5.78. The fourth-order valence-electron chi connectivity index (χ4n) is 7.08. The average molecular weight is 572 g/mol. The van der Waals surface area contributed by atoms with E-state index in [0.717, 1.165) is 22.3 Å². The molecule has 43 heavy (non-hydrogen) atoms. The van der Waals surface area contributed by atoms with E-state index in [2.05, 4.69) is 175 Å². The van der Waals surface area contributed by atoms with Crippen LogP contribution in [0, 0.1) is 0 Å². The van der Waals surface area contributed by atoms with Gasteiger partial charge in [-0.2, -0.15) is 0 Å². The molecule has 208 valence electrons. The first-order chi connectivity index (χ1) is 21.0. The van der Waals surface area contributed by atoms with Gasteiger partial charge in [0.25, 0.3) is 0 Å². The van der Waals surface area contributed by atoms with Crippen LogP contribution in [0.4, 0.5) is 0 Å². The maximum Gasteiger partial charge on any atom is 0.224 e. The molecule has 5 aromatic carbocycles. The topological polar surface area (TPSA) is 22.2 Å². The summed E-state index contributed by atoms with van der Waals surface area (Å²) in [6.45, 7) is 6.91. The Kier molecular flexibility index (Phi) is 5.72. The zero-order valence-corrected chi connectivity index (χ0v) is 25.7. The Morgan fingerprint density at radius 2 is 1.05 bits per heavy atom. The number of rotatable bonds is 5. The SMILES string of the molecule is CC(C)(C)c1cn2c3c1cccc3c1nc([Si](c3ccccc3)(c3ccccc3)c3ccccc3)n(-c3ccccc3)c12. The van der Waals surface area contributed by atoms with Crippen molar-refractivity contribution in [1.29, 1.82) is 0 Å². The van der Waals surface area contributed by atoms with Crippen LogP contribution in [-0.4, -0.2) is 22.0 Å². The van der Waals surface area contributed by atoms with Gasteiger partial charge in [0.15, 0.2) is 0 Å². The Bertz CT molecular complexity index is 2090. The molecule has 0 fully saturated rings. The monoisotopic (exact) mass is 571 g/mol. The molecule has 0 bridgehead atoms. The summed E-state index contributed by atoms with van der Waals surface area (Å²) in [6, 6.07) is 50.7. The van der Waals surface area contributed by atoms with Crippen LogP contribution in [0.2, 0.25) is 0 Å². The van der Waals surface area contributed by atoms with Crippen molar-refractivity contribution in [3.63, 3.8) is 0 Å². The van der Waals surface area contributed by atoms with Crippen molar-refractivity contribution in [2.24, 2.45) is 0 Å². The zero-order valence-electron chi connectivity index (χ0n) is 24.7. The van der Waals surface area contributed by atoms with Crippen LogP contribution in [-0.2, 0) is 5.41 Å². The lowest BCUT2D eigenvalue weighted by molar-refractivity contribution is 0.595. The van der Waals surface area contributed by atoms with Crippen LogP contribution in [0.15, 0.2) is 146 Å². The van der Waals surface area contributed by atoms with Gasteiger partial charge >= 0.3 is 0 Å². The van der Waals surface area contributed by atoms with Crippen molar-refractivity contribution < 1.29 is 0 Å². The number of nitrogens with zero attached hydrogens (tertiary/aromatic N) is 3. The third-order valence-corrected chi connectivity index (χ3v) is 13.5. The summed E-state index contributed by atoms with van der Waals surface area (Å²) in [5, 5.41) is 6.46. The van der Waals surface area contributed by atoms with Gasteiger partial charge < -0.3 is 0 Å². The Morgan fingerprint density at radius 1 is 0.558 bits per heavy atom. The molecule has 0 unspecified atom stereocenters. The maximum absolute atomic E-state index is 5.78. The largest absolute Gasteiger partial charge is 0.299 e. The molecule has 8 rings (SSSR count). The molecule has 0 atom stereocenters. The van der Waals surface area contributed by atoms with E-state index in [9.17, 15) is 0 Å². The Balaban J connectivity index is 1.62. The van der Waals surface area contributed by atoms with Crippen LogP contribution >= 0.6 is 0 Å². The van der Waals surface area contributed by atoms with Crippen LogP contribution in [0.25, 0.3) is 33.1 Å². The number of hydrogen-bond acceptors (Lipinski definition) is 1. The third kappa shape index (κ3) is 3.69. The molecular weight excluding hydrogens is 539 g/mol. The van der Waals surface area contributed by atoms with Gasteiger partial charge in [0.2, 0.25) is 8.07 Å². The van der Waals surface area contributed by atoms with Crippen molar-refractivity contribution in [1.82, 2.24) is 14.0 Å². The van der Waals surface area contributed by atoms with E-state index in [1.165, 1.54) is 37.4 Å². The fourth-order valence-corrected chi connectivity index (χ4v) is 11.8. The van der Waals surface area contributed by atoms with E-state index in [4.69, 9.17) is 4.98 Å². The van der Waals surface area contributed by atoms with Gasteiger partial charge in [-0.1, -0.05) is 148 Å². The highest BCUT2D eigenvalue weighted by atomic mass is 28.3. The summed E-state index contributed by atoms with van der Waals surface area (Å²) in [6.07, 6.45) is 2.36. The average Bonchev–Trinajstić information content (AvgIpc) is 3.72. The van der Waals surface area contributed by atoms with Gasteiger partial charge in [-0.15, -0.1) is 0 Å². The van der Waals surface area contributed by atoms with Crippen molar-refractivity contribution in [2.75, 3.05) is 0 Å². The number of para-hydroxylation sites is 2. The lowest BCUT2D eigenvalue weighted by Crippen LogP contribution is -2.76. The minimum atomic E-state index is -2.92. The molecule has 0 aliphatic heterocycles. The van der Waals surface area contributed by atoms with Crippen molar-refractivity contribution >= 4 is 56.5 Å². The summed E-state index contributed by atoms with van der Waals surface area (Å²) in [4.78, 5) is 5.78. The molecule has 0 aliphatic rings. The van der Waals surface area contributed by atoms with Gasteiger partial charge in [0.05, 0.1) is 5.52 Å². The number of hydrogen-bond donors (Lipinski definition) is 0. The number of benzene rings is 5. The summed E-state index contributed by atoms with van der Waals surface area (Å²) >= 11 is 0. The van der Waals surface area contributed by atoms with Crippen molar-refractivity contribution in [3.8, 4) is 5.69 Å². The van der Waals surface area contributed by atoms with Gasteiger partial charge in [-0.25, -0.2) is 4.98 Å². The van der Waals surface area contributed by atoms with Crippen LogP contribution in [0.1, 0.15) is 26.3 Å². The van der Waals surface area contributed by atoms with Gasteiger partial charge in [0.1, 0.15) is 16.6 Å². The first-order valence-electron chi connectivity index (χ1n) is 15.0. The third-order valence-electron chi connectivity index (χ3n) is 8.94. The highest BCUT2D eigenvalue weighted by molar-refractivity contribution is 7.19. The first-order valence-corrected chi connectivity index (χ1v) is 17.0. The predicted molar refractivity (Wildman–Crippen MR) is 183 cm³/mol. The molecule has 0 saturated heterocycles. The molecule has 8 aromatic rings. The standard InChI is InChI=1S/C39H33N3Si/c1-39(2,3)34-27-41-36-32(34)25-16-26-33(36)35-37(41)42(28-17-8-4-9-18-28)38(40-35)43(29-19-10-5-11-20-29,30-21-12-6-13-22-30)31-23-14-7-15-24-31/h4-27H,1-3H3. The van der Waals surface area contributed by atoms with Crippen molar-refractivity contribution in [2.45, 2.75) is 26.2 Å². The summed E-state index contributed by atoms with van der Waals surface area (Å²) in [5.41, 5.74) is 7.04. The molecule has 0 amide bonds. The minimum Gasteiger partial charge on any atom is -0.299 e. The lowest BCUT2D eigenvalue weighted by Gasteiger charge is -2.33.